The molecule has 0 saturated carbocycles. The quantitative estimate of drug-likeness (QED) is 0.427. The number of carbonyl (C=O) groups is 1. The second-order valence-electron chi connectivity index (χ2n) is 8.67. The van der Waals surface area contributed by atoms with E-state index in [0.29, 0.717) is 12.3 Å². The van der Waals surface area contributed by atoms with Crippen LogP contribution in [-0.4, -0.2) is 47.7 Å². The Bertz CT molecular complexity index is 799. The first-order valence-corrected chi connectivity index (χ1v) is 12.1. The largest absolute Gasteiger partial charge is 0.455 e. The number of carbonyl (C=O) groups excluding carboxylic acids is 1. The van der Waals surface area contributed by atoms with Crippen molar-refractivity contribution in [2.24, 2.45) is 11.8 Å². The van der Waals surface area contributed by atoms with Gasteiger partial charge < -0.3 is 19.7 Å². The van der Waals surface area contributed by atoms with Crippen molar-refractivity contribution < 1.29 is 24.5 Å². The summed E-state index contributed by atoms with van der Waals surface area (Å²) in [6.07, 6.45) is 23.3. The van der Waals surface area contributed by atoms with Crippen LogP contribution < -0.4 is 0 Å². The first-order valence-electron chi connectivity index (χ1n) is 12.1. The minimum absolute atomic E-state index is 0.223. The fourth-order valence-corrected chi connectivity index (χ4v) is 3.30. The van der Waals surface area contributed by atoms with Gasteiger partial charge in [-0.1, -0.05) is 93.2 Å². The second-order valence-corrected chi connectivity index (χ2v) is 8.67. The first kappa shape index (κ1) is 29.6. The van der Waals surface area contributed by atoms with Crippen LogP contribution >= 0.6 is 0 Å². The molecule has 0 aromatic heterocycles. The summed E-state index contributed by atoms with van der Waals surface area (Å²) in [6.45, 7) is 7.94. The molecule has 0 aromatic rings. The molecule has 0 unspecified atom stereocenters. The van der Waals surface area contributed by atoms with Gasteiger partial charge >= 0.3 is 5.97 Å². The lowest BCUT2D eigenvalue weighted by atomic mass is 9.94. The van der Waals surface area contributed by atoms with Gasteiger partial charge in [0.25, 0.3) is 0 Å². The number of cyclic esters (lactones) is 1. The molecule has 0 amide bonds. The Morgan fingerprint density at radius 1 is 1.03 bits per heavy atom. The summed E-state index contributed by atoms with van der Waals surface area (Å²) in [6, 6.07) is 0. The molecule has 5 nitrogen and oxygen atoms in total. The summed E-state index contributed by atoms with van der Waals surface area (Å²) < 4.78 is 11.0. The van der Waals surface area contributed by atoms with Crippen LogP contribution in [0.5, 0.6) is 0 Å². The van der Waals surface area contributed by atoms with Crippen LogP contribution in [0.1, 0.15) is 47.0 Å². The van der Waals surface area contributed by atoms with Crippen LogP contribution in [0.3, 0.4) is 0 Å². The van der Waals surface area contributed by atoms with E-state index in [9.17, 15) is 15.0 Å². The summed E-state index contributed by atoms with van der Waals surface area (Å²) >= 11 is 0. The number of hydrogen-bond acceptors (Lipinski definition) is 5. The molecule has 1 aliphatic rings. The lowest BCUT2D eigenvalue weighted by Gasteiger charge is -2.26. The van der Waals surface area contributed by atoms with E-state index in [2.05, 4.69) is 13.0 Å². The Hall–Kier alpha value is -2.47. The Kier molecular flexibility index (Phi) is 14.8. The van der Waals surface area contributed by atoms with Crippen LogP contribution in [0, 0.1) is 11.8 Å². The Balaban J connectivity index is 3.12. The predicted octanol–water partition coefficient (Wildman–Crippen LogP) is 5.39. The van der Waals surface area contributed by atoms with E-state index in [1.165, 1.54) is 13.2 Å². The minimum Gasteiger partial charge on any atom is -0.455 e. The number of esters is 1. The molecule has 1 rings (SSSR count). The topological polar surface area (TPSA) is 76.0 Å². The molecule has 5 heteroatoms. The van der Waals surface area contributed by atoms with Gasteiger partial charge in [0.1, 0.15) is 18.3 Å². The maximum absolute atomic E-state index is 12.3. The SMILES string of the molecule is CCC=C[C@H]1CC=CC=C[C@@H](OC)[C@@H](O)[C@@H](O)[C@@H](C)C=CC[C@@H](C)C=CC=C(C)C=CC(=O)O1. The van der Waals surface area contributed by atoms with Crippen LogP contribution in [0.25, 0.3) is 0 Å². The molecule has 0 saturated heterocycles. The number of ether oxygens (including phenoxy) is 2. The highest BCUT2D eigenvalue weighted by molar-refractivity contribution is 5.82. The fraction of sp³-hybridized carbons (Fsp3) is 0.483. The summed E-state index contributed by atoms with van der Waals surface area (Å²) in [5.41, 5.74) is 0.946. The molecule has 1 heterocycles. The van der Waals surface area contributed by atoms with Crippen molar-refractivity contribution in [2.75, 3.05) is 7.11 Å². The Morgan fingerprint density at radius 3 is 2.50 bits per heavy atom. The molecule has 1 aliphatic heterocycles. The van der Waals surface area contributed by atoms with Gasteiger partial charge in [-0.05, 0) is 31.8 Å². The van der Waals surface area contributed by atoms with Gasteiger partial charge in [0.05, 0.1) is 6.10 Å². The molecule has 0 spiro atoms. The Labute approximate surface area is 205 Å². The maximum atomic E-state index is 12.3. The van der Waals surface area contributed by atoms with Gasteiger partial charge in [-0.3, -0.25) is 0 Å². The highest BCUT2D eigenvalue weighted by atomic mass is 16.5. The zero-order valence-electron chi connectivity index (χ0n) is 21.2. The molecule has 0 radical (unpaired) electrons. The summed E-state index contributed by atoms with van der Waals surface area (Å²) in [5, 5.41) is 21.2. The first-order chi connectivity index (χ1) is 16.3. The number of allylic oxidation sites excluding steroid dienone is 9. The van der Waals surface area contributed by atoms with E-state index in [4.69, 9.17) is 9.47 Å². The average molecular weight is 471 g/mol. The van der Waals surface area contributed by atoms with Crippen molar-refractivity contribution in [3.05, 3.63) is 84.6 Å². The van der Waals surface area contributed by atoms with Crippen molar-refractivity contribution in [3.63, 3.8) is 0 Å². The standard InChI is InChI=1S/C29H42O5/c1-6-7-17-25-18-9-8-10-19-26(33-5)29(32)28(31)24(4)16-12-15-22(2)13-11-14-23(3)20-21-27(30)34-25/h7-14,16-17,19-22,24-26,28-29,31-32H,6,15,18H2,1-5H3/t22-,24-,25-,26+,28-,29+/m0/s1. The van der Waals surface area contributed by atoms with Gasteiger partial charge in [-0.25, -0.2) is 4.79 Å². The predicted molar refractivity (Wildman–Crippen MR) is 139 cm³/mol. The van der Waals surface area contributed by atoms with Crippen molar-refractivity contribution >= 4 is 5.97 Å². The third-order valence-electron chi connectivity index (χ3n) is 5.50. The third kappa shape index (κ3) is 12.1. The minimum atomic E-state index is -1.06. The van der Waals surface area contributed by atoms with Crippen LogP contribution in [0.15, 0.2) is 84.6 Å². The summed E-state index contributed by atoms with van der Waals surface area (Å²) in [5.74, 6) is -0.314. The fourth-order valence-electron chi connectivity index (χ4n) is 3.30. The average Bonchev–Trinajstić information content (AvgIpc) is 2.81. The van der Waals surface area contributed by atoms with Crippen molar-refractivity contribution in [1.29, 1.82) is 0 Å². The molecule has 0 fully saturated rings. The lowest BCUT2D eigenvalue weighted by molar-refractivity contribution is -0.140. The molecule has 34 heavy (non-hydrogen) atoms. The number of aliphatic hydroxyl groups is 2. The van der Waals surface area contributed by atoms with Gasteiger partial charge in [-0.2, -0.15) is 0 Å². The third-order valence-corrected chi connectivity index (χ3v) is 5.50. The van der Waals surface area contributed by atoms with E-state index in [1.807, 2.05) is 69.4 Å². The summed E-state index contributed by atoms with van der Waals surface area (Å²) in [7, 11) is 1.50. The molecular weight excluding hydrogens is 428 g/mol. The van der Waals surface area contributed by atoms with Crippen LogP contribution in [0.4, 0.5) is 0 Å². The zero-order chi connectivity index (χ0) is 25.3. The second kappa shape index (κ2) is 17.0. The smallest absolute Gasteiger partial charge is 0.331 e. The lowest BCUT2D eigenvalue weighted by Crippen LogP contribution is -2.40. The van der Waals surface area contributed by atoms with Crippen molar-refractivity contribution in [1.82, 2.24) is 0 Å². The van der Waals surface area contributed by atoms with E-state index >= 15 is 0 Å². The van der Waals surface area contributed by atoms with Crippen molar-refractivity contribution in [2.45, 2.75) is 71.4 Å². The van der Waals surface area contributed by atoms with Gasteiger partial charge in [-0.15, -0.1) is 0 Å². The van der Waals surface area contributed by atoms with Crippen molar-refractivity contribution in [3.8, 4) is 0 Å². The van der Waals surface area contributed by atoms with Crippen LogP contribution in [0.2, 0.25) is 0 Å². The molecule has 0 aliphatic carbocycles. The number of rotatable bonds is 3. The van der Waals surface area contributed by atoms with E-state index < -0.39 is 24.3 Å². The number of aliphatic hydroxyl groups excluding tert-OH is 2. The van der Waals surface area contributed by atoms with Crippen LogP contribution in [-0.2, 0) is 14.3 Å². The van der Waals surface area contributed by atoms with Gasteiger partial charge in [0, 0.05) is 25.5 Å². The van der Waals surface area contributed by atoms with Gasteiger partial charge in [0.2, 0.25) is 0 Å². The Morgan fingerprint density at radius 2 is 1.79 bits per heavy atom. The molecular formula is C29H42O5. The highest BCUT2D eigenvalue weighted by Crippen LogP contribution is 2.16. The summed E-state index contributed by atoms with van der Waals surface area (Å²) in [4.78, 5) is 12.3. The maximum Gasteiger partial charge on any atom is 0.331 e. The zero-order valence-corrected chi connectivity index (χ0v) is 21.2. The molecule has 6 atom stereocenters. The molecule has 2 N–H and O–H groups in total. The molecule has 0 aromatic carbocycles. The van der Waals surface area contributed by atoms with E-state index in [1.54, 1.807) is 18.2 Å². The van der Waals surface area contributed by atoms with Gasteiger partial charge in [0.15, 0.2) is 0 Å². The highest BCUT2D eigenvalue weighted by Gasteiger charge is 2.27. The molecule has 188 valence electrons. The normalized spacial score (nSPS) is 30.6. The number of hydrogen-bond donors (Lipinski definition) is 2. The van der Waals surface area contributed by atoms with E-state index in [-0.39, 0.29) is 12.0 Å². The van der Waals surface area contributed by atoms with E-state index in [0.717, 1.165) is 18.4 Å². The monoisotopic (exact) mass is 470 g/mol. The molecule has 0 bridgehead atoms. The number of methoxy groups -OCH3 is 1.